The molecule has 2 aliphatic heterocycles. The monoisotopic (exact) mass is 345 g/mol. The largest absolute Gasteiger partial charge is 0.508 e. The van der Waals surface area contributed by atoms with Gasteiger partial charge in [-0.25, -0.2) is 0 Å². The van der Waals surface area contributed by atoms with Crippen molar-refractivity contribution in [3.05, 3.63) is 41.2 Å². The summed E-state index contributed by atoms with van der Waals surface area (Å²) in [4.78, 5) is 26.8. The number of aliphatic hydroxyl groups excluding tert-OH is 1. The van der Waals surface area contributed by atoms with Crippen LogP contribution in [0.4, 0.5) is 0 Å². The zero-order chi connectivity index (χ0) is 18.1. The maximum atomic E-state index is 12.7. The van der Waals surface area contributed by atoms with Crippen molar-refractivity contribution in [2.24, 2.45) is 5.92 Å². The molecule has 2 heterocycles. The van der Waals surface area contributed by atoms with Gasteiger partial charge in [0.05, 0.1) is 17.7 Å². The van der Waals surface area contributed by atoms with Crippen LogP contribution in [0.15, 0.2) is 35.6 Å². The molecule has 2 atom stereocenters. The van der Waals surface area contributed by atoms with Gasteiger partial charge in [-0.3, -0.25) is 9.59 Å². The van der Waals surface area contributed by atoms with Crippen molar-refractivity contribution in [1.29, 1.82) is 0 Å². The summed E-state index contributed by atoms with van der Waals surface area (Å²) in [5.41, 5.74) is 0.697. The van der Waals surface area contributed by atoms with Gasteiger partial charge < -0.3 is 19.8 Å². The zero-order valence-electron chi connectivity index (χ0n) is 14.4. The quantitative estimate of drug-likeness (QED) is 0.856. The number of ether oxygens (including phenoxy) is 1. The molecule has 2 unspecified atom stereocenters. The first kappa shape index (κ1) is 17.5. The zero-order valence-corrected chi connectivity index (χ0v) is 14.4. The summed E-state index contributed by atoms with van der Waals surface area (Å²) in [6, 6.07) is 5.74. The van der Waals surface area contributed by atoms with Gasteiger partial charge in [-0.1, -0.05) is 26.0 Å². The second-order valence-corrected chi connectivity index (χ2v) is 6.87. The lowest BCUT2D eigenvalue weighted by atomic mass is 9.91. The summed E-state index contributed by atoms with van der Waals surface area (Å²) in [6.07, 6.45) is 1.66. The standard InChI is InChI=1S/C19H23NO5/c1-11(2)17(22)15-16(12-5-3-6-13(21)9-12)20(19(24)18(15)23)10-14-7-4-8-25-14/h3,5-6,9,11,14,16,21,23H,4,7-8,10H2,1-2H3. The number of ketones is 1. The van der Waals surface area contributed by atoms with Crippen LogP contribution in [0.3, 0.4) is 0 Å². The normalized spacial score (nSPS) is 23.8. The number of aromatic hydroxyl groups is 1. The predicted octanol–water partition coefficient (Wildman–Crippen LogP) is 2.49. The number of benzene rings is 1. The summed E-state index contributed by atoms with van der Waals surface area (Å²) in [5.74, 6) is -1.64. The Bertz CT molecular complexity index is 718. The lowest BCUT2D eigenvalue weighted by Crippen LogP contribution is -2.37. The molecule has 1 aromatic carbocycles. The van der Waals surface area contributed by atoms with Gasteiger partial charge in [0.1, 0.15) is 5.75 Å². The summed E-state index contributed by atoms with van der Waals surface area (Å²) in [5, 5.41) is 20.2. The Morgan fingerprint density at radius 2 is 2.12 bits per heavy atom. The van der Waals surface area contributed by atoms with Gasteiger partial charge in [-0.05, 0) is 30.5 Å². The molecule has 1 fully saturated rings. The Hall–Kier alpha value is -2.34. The van der Waals surface area contributed by atoms with Crippen LogP contribution in [-0.2, 0) is 14.3 Å². The first-order valence-corrected chi connectivity index (χ1v) is 8.59. The fourth-order valence-electron chi connectivity index (χ4n) is 3.45. The highest BCUT2D eigenvalue weighted by Crippen LogP contribution is 2.40. The van der Waals surface area contributed by atoms with Crippen LogP contribution in [0.25, 0.3) is 0 Å². The molecule has 0 radical (unpaired) electrons. The Balaban J connectivity index is 2.02. The summed E-state index contributed by atoms with van der Waals surface area (Å²) in [6.45, 7) is 4.42. The Morgan fingerprint density at radius 1 is 1.36 bits per heavy atom. The number of nitrogens with zero attached hydrogens (tertiary/aromatic N) is 1. The molecule has 6 nitrogen and oxygen atoms in total. The van der Waals surface area contributed by atoms with Crippen molar-refractivity contribution in [2.45, 2.75) is 38.8 Å². The van der Waals surface area contributed by atoms with E-state index >= 15 is 0 Å². The number of amides is 1. The minimum absolute atomic E-state index is 0.0461. The van der Waals surface area contributed by atoms with Crippen LogP contribution >= 0.6 is 0 Å². The average molecular weight is 345 g/mol. The second-order valence-electron chi connectivity index (χ2n) is 6.87. The molecule has 0 spiro atoms. The Labute approximate surface area is 146 Å². The number of carbonyl (C=O) groups excluding carboxylic acids is 2. The van der Waals surface area contributed by atoms with Crippen molar-refractivity contribution in [3.63, 3.8) is 0 Å². The van der Waals surface area contributed by atoms with Gasteiger partial charge >= 0.3 is 0 Å². The maximum absolute atomic E-state index is 12.7. The van der Waals surface area contributed by atoms with Gasteiger partial charge in [0.25, 0.3) is 5.91 Å². The second kappa shape index (κ2) is 6.88. The molecule has 0 aromatic heterocycles. The molecule has 2 aliphatic rings. The number of carbonyl (C=O) groups is 2. The number of phenols is 1. The van der Waals surface area contributed by atoms with E-state index in [0.29, 0.717) is 18.7 Å². The van der Waals surface area contributed by atoms with E-state index in [0.717, 1.165) is 12.8 Å². The van der Waals surface area contributed by atoms with E-state index in [4.69, 9.17) is 4.74 Å². The van der Waals surface area contributed by atoms with Crippen LogP contribution in [0.2, 0.25) is 0 Å². The molecule has 1 aromatic rings. The third-order valence-corrected chi connectivity index (χ3v) is 4.70. The van der Waals surface area contributed by atoms with E-state index < -0.39 is 17.7 Å². The lowest BCUT2D eigenvalue weighted by molar-refractivity contribution is -0.131. The van der Waals surface area contributed by atoms with E-state index in [-0.39, 0.29) is 29.1 Å². The molecule has 25 heavy (non-hydrogen) atoms. The minimum atomic E-state index is -0.710. The molecule has 1 amide bonds. The number of rotatable bonds is 5. The number of phenolic OH excluding ortho intramolecular Hbond substituents is 1. The topological polar surface area (TPSA) is 87.1 Å². The lowest BCUT2D eigenvalue weighted by Gasteiger charge is -2.29. The third kappa shape index (κ3) is 3.26. The molecule has 3 rings (SSSR count). The summed E-state index contributed by atoms with van der Waals surface area (Å²) < 4.78 is 5.62. The van der Waals surface area contributed by atoms with Crippen molar-refractivity contribution in [2.75, 3.05) is 13.2 Å². The first-order chi connectivity index (χ1) is 11.9. The van der Waals surface area contributed by atoms with Crippen molar-refractivity contribution < 1.29 is 24.5 Å². The van der Waals surface area contributed by atoms with Gasteiger partial charge in [0.15, 0.2) is 11.5 Å². The van der Waals surface area contributed by atoms with E-state index in [9.17, 15) is 19.8 Å². The number of hydrogen-bond donors (Lipinski definition) is 2. The molecule has 0 aliphatic carbocycles. The van der Waals surface area contributed by atoms with Gasteiger partial charge in [-0.15, -0.1) is 0 Å². The van der Waals surface area contributed by atoms with Gasteiger partial charge in [-0.2, -0.15) is 0 Å². The maximum Gasteiger partial charge on any atom is 0.290 e. The molecule has 1 saturated heterocycles. The first-order valence-electron chi connectivity index (χ1n) is 8.59. The van der Waals surface area contributed by atoms with E-state index in [1.807, 2.05) is 0 Å². The van der Waals surface area contributed by atoms with Crippen molar-refractivity contribution in [3.8, 4) is 5.75 Å². The molecule has 134 valence electrons. The predicted molar refractivity (Wildman–Crippen MR) is 91.0 cm³/mol. The van der Waals surface area contributed by atoms with E-state index in [2.05, 4.69) is 0 Å². The highest BCUT2D eigenvalue weighted by Gasteiger charge is 2.45. The van der Waals surface area contributed by atoms with Gasteiger partial charge in [0.2, 0.25) is 0 Å². The van der Waals surface area contributed by atoms with E-state index in [1.54, 1.807) is 26.0 Å². The van der Waals surface area contributed by atoms with Crippen LogP contribution in [0.1, 0.15) is 38.3 Å². The molecule has 2 N–H and O–H groups in total. The molecular weight excluding hydrogens is 322 g/mol. The smallest absolute Gasteiger partial charge is 0.290 e. The number of Topliss-reactive ketones (excluding diaryl/α,β-unsaturated/α-hetero) is 1. The van der Waals surface area contributed by atoms with Gasteiger partial charge in [0, 0.05) is 19.1 Å². The minimum Gasteiger partial charge on any atom is -0.508 e. The van der Waals surface area contributed by atoms with E-state index in [1.165, 1.54) is 17.0 Å². The SMILES string of the molecule is CC(C)C(=O)C1=C(O)C(=O)N(CC2CCCO2)C1c1cccc(O)c1. The van der Waals surface area contributed by atoms with Crippen molar-refractivity contribution >= 4 is 11.7 Å². The Kier molecular flexibility index (Phi) is 4.81. The number of aliphatic hydroxyl groups is 1. The highest BCUT2D eigenvalue weighted by molar-refractivity contribution is 6.09. The molecule has 6 heteroatoms. The third-order valence-electron chi connectivity index (χ3n) is 4.70. The van der Waals surface area contributed by atoms with Crippen LogP contribution in [-0.4, -0.2) is 46.1 Å². The summed E-state index contributed by atoms with van der Waals surface area (Å²) >= 11 is 0. The van der Waals surface area contributed by atoms with Crippen LogP contribution in [0.5, 0.6) is 5.75 Å². The fraction of sp³-hybridized carbons (Fsp3) is 0.474. The Morgan fingerprint density at radius 3 is 2.72 bits per heavy atom. The fourth-order valence-corrected chi connectivity index (χ4v) is 3.45. The molecule has 0 bridgehead atoms. The summed E-state index contributed by atoms with van der Waals surface area (Å²) in [7, 11) is 0. The highest BCUT2D eigenvalue weighted by atomic mass is 16.5. The van der Waals surface area contributed by atoms with Crippen LogP contribution < -0.4 is 0 Å². The van der Waals surface area contributed by atoms with Crippen molar-refractivity contribution in [1.82, 2.24) is 4.90 Å². The number of hydrogen-bond acceptors (Lipinski definition) is 5. The average Bonchev–Trinajstić information content (AvgIpc) is 3.16. The van der Waals surface area contributed by atoms with Crippen LogP contribution in [0, 0.1) is 5.92 Å². The molecular formula is C19H23NO5. The molecule has 0 saturated carbocycles.